The van der Waals surface area contributed by atoms with Crippen molar-refractivity contribution < 1.29 is 19.4 Å². The lowest BCUT2D eigenvalue weighted by Crippen LogP contribution is -2.45. The Balaban J connectivity index is 2.42. The molecule has 0 spiro atoms. The van der Waals surface area contributed by atoms with Gasteiger partial charge in [-0.3, -0.25) is 9.59 Å². The van der Waals surface area contributed by atoms with Crippen LogP contribution in [-0.4, -0.2) is 35.7 Å². The zero-order valence-corrected chi connectivity index (χ0v) is 11.3. The molecule has 1 aliphatic rings. The van der Waals surface area contributed by atoms with E-state index in [1.165, 1.54) is 6.92 Å². The van der Waals surface area contributed by atoms with E-state index in [9.17, 15) is 9.59 Å². The van der Waals surface area contributed by atoms with Crippen molar-refractivity contribution in [3.05, 3.63) is 0 Å². The van der Waals surface area contributed by atoms with Gasteiger partial charge in [-0.25, -0.2) is 0 Å². The van der Waals surface area contributed by atoms with Crippen LogP contribution in [0.4, 0.5) is 0 Å². The molecule has 2 N–H and O–H groups in total. The van der Waals surface area contributed by atoms with Crippen molar-refractivity contribution in [2.75, 3.05) is 6.61 Å². The van der Waals surface area contributed by atoms with E-state index in [-0.39, 0.29) is 12.1 Å². The first-order valence-corrected chi connectivity index (χ1v) is 6.55. The van der Waals surface area contributed by atoms with E-state index in [4.69, 9.17) is 9.84 Å². The Morgan fingerprint density at radius 2 is 2.06 bits per heavy atom. The van der Waals surface area contributed by atoms with Gasteiger partial charge >= 0.3 is 5.97 Å². The average molecular weight is 257 g/mol. The molecule has 1 fully saturated rings. The van der Waals surface area contributed by atoms with Crippen LogP contribution in [0.15, 0.2) is 0 Å². The number of aliphatic carboxylic acids is 1. The third-order valence-electron chi connectivity index (χ3n) is 3.21. The molecule has 1 amide bonds. The number of carbonyl (C=O) groups is 2. The number of nitrogens with one attached hydrogen (secondary N) is 1. The molecule has 0 aliphatic carbocycles. The summed E-state index contributed by atoms with van der Waals surface area (Å²) in [5.74, 6) is -1.92. The van der Waals surface area contributed by atoms with Crippen LogP contribution in [-0.2, 0) is 14.3 Å². The smallest absolute Gasteiger partial charge is 0.315 e. The van der Waals surface area contributed by atoms with E-state index in [0.717, 1.165) is 19.3 Å². The highest BCUT2D eigenvalue weighted by molar-refractivity contribution is 5.96. The number of carboxylic acids is 1. The van der Waals surface area contributed by atoms with E-state index in [0.29, 0.717) is 12.5 Å². The van der Waals surface area contributed by atoms with Crippen LogP contribution in [0.1, 0.15) is 40.0 Å². The van der Waals surface area contributed by atoms with Gasteiger partial charge in [0, 0.05) is 12.6 Å². The van der Waals surface area contributed by atoms with Crippen molar-refractivity contribution in [2.24, 2.45) is 11.8 Å². The van der Waals surface area contributed by atoms with Gasteiger partial charge in [-0.05, 0) is 32.1 Å². The molecule has 1 heterocycles. The summed E-state index contributed by atoms with van der Waals surface area (Å²) in [6, 6.07) is 0.0387. The number of carbonyl (C=O) groups excluding carboxylic acids is 1. The molecule has 3 atom stereocenters. The lowest BCUT2D eigenvalue weighted by Gasteiger charge is -2.31. The first kappa shape index (κ1) is 15.0. The quantitative estimate of drug-likeness (QED) is 0.730. The molecule has 0 bridgehead atoms. The number of carboxylic acid groups (broad SMARTS) is 1. The van der Waals surface area contributed by atoms with Crippen molar-refractivity contribution >= 4 is 11.9 Å². The molecule has 104 valence electrons. The maximum Gasteiger partial charge on any atom is 0.315 e. The van der Waals surface area contributed by atoms with Crippen molar-refractivity contribution in [1.82, 2.24) is 5.32 Å². The number of rotatable bonds is 5. The van der Waals surface area contributed by atoms with Crippen LogP contribution in [0.5, 0.6) is 0 Å². The maximum absolute atomic E-state index is 11.6. The van der Waals surface area contributed by atoms with Gasteiger partial charge in [0.25, 0.3) is 0 Å². The highest BCUT2D eigenvalue weighted by atomic mass is 16.5. The first-order valence-electron chi connectivity index (χ1n) is 6.55. The molecular weight excluding hydrogens is 234 g/mol. The molecule has 1 rings (SSSR count). The summed E-state index contributed by atoms with van der Waals surface area (Å²) >= 11 is 0. The van der Waals surface area contributed by atoms with Crippen LogP contribution in [0.3, 0.4) is 0 Å². The van der Waals surface area contributed by atoms with Crippen molar-refractivity contribution in [3.63, 3.8) is 0 Å². The Bertz CT molecular complexity index is 303. The molecule has 0 aromatic carbocycles. The average Bonchev–Trinajstić information content (AvgIpc) is 2.27. The van der Waals surface area contributed by atoms with Gasteiger partial charge in [0.2, 0.25) is 5.91 Å². The molecule has 5 heteroatoms. The molecule has 5 nitrogen and oxygen atoms in total. The molecule has 0 radical (unpaired) electrons. The van der Waals surface area contributed by atoms with E-state index in [2.05, 4.69) is 19.2 Å². The molecule has 0 aromatic rings. The van der Waals surface area contributed by atoms with E-state index < -0.39 is 17.8 Å². The Morgan fingerprint density at radius 1 is 1.39 bits per heavy atom. The largest absolute Gasteiger partial charge is 0.481 e. The summed E-state index contributed by atoms with van der Waals surface area (Å²) in [6.07, 6.45) is 2.67. The minimum atomic E-state index is -1.08. The second-order valence-corrected chi connectivity index (χ2v) is 5.41. The maximum atomic E-state index is 11.6. The summed E-state index contributed by atoms with van der Waals surface area (Å²) in [7, 11) is 0. The number of hydrogen-bond donors (Lipinski definition) is 2. The highest BCUT2D eigenvalue weighted by Gasteiger charge is 2.27. The van der Waals surface area contributed by atoms with E-state index in [1.54, 1.807) is 0 Å². The molecule has 0 aromatic heterocycles. The second-order valence-electron chi connectivity index (χ2n) is 5.41. The molecule has 18 heavy (non-hydrogen) atoms. The van der Waals surface area contributed by atoms with Crippen LogP contribution in [0.2, 0.25) is 0 Å². The van der Waals surface area contributed by atoms with Crippen molar-refractivity contribution in [3.8, 4) is 0 Å². The normalized spacial score (nSPS) is 25.8. The van der Waals surface area contributed by atoms with Crippen LogP contribution < -0.4 is 5.32 Å². The summed E-state index contributed by atoms with van der Waals surface area (Å²) in [4.78, 5) is 22.4. The third kappa shape index (κ3) is 4.64. The molecule has 1 saturated heterocycles. The zero-order valence-electron chi connectivity index (χ0n) is 11.3. The van der Waals surface area contributed by atoms with Gasteiger partial charge in [0.1, 0.15) is 5.92 Å². The van der Waals surface area contributed by atoms with Crippen LogP contribution in [0.25, 0.3) is 0 Å². The third-order valence-corrected chi connectivity index (χ3v) is 3.21. The van der Waals surface area contributed by atoms with E-state index in [1.807, 2.05) is 0 Å². The fraction of sp³-hybridized carbons (Fsp3) is 0.846. The topological polar surface area (TPSA) is 75.6 Å². The van der Waals surface area contributed by atoms with Crippen LogP contribution >= 0.6 is 0 Å². The van der Waals surface area contributed by atoms with Crippen LogP contribution in [0, 0.1) is 11.8 Å². The predicted molar refractivity (Wildman–Crippen MR) is 67.2 cm³/mol. The standard InChI is InChI=1S/C13H23NO4/c1-8(2)6-11-7-10(4-5-18-11)14-12(15)9(3)13(16)17/h8-11H,4-7H2,1-3H3,(H,14,15)(H,16,17). The monoisotopic (exact) mass is 257 g/mol. The van der Waals surface area contributed by atoms with E-state index >= 15 is 0 Å². The Morgan fingerprint density at radius 3 is 2.61 bits per heavy atom. The van der Waals surface area contributed by atoms with Gasteiger partial charge in [-0.15, -0.1) is 0 Å². The molecule has 3 unspecified atom stereocenters. The van der Waals surface area contributed by atoms with Gasteiger partial charge in [-0.2, -0.15) is 0 Å². The predicted octanol–water partition coefficient (Wildman–Crippen LogP) is 1.42. The molecular formula is C13H23NO4. The second kappa shape index (κ2) is 6.73. The minimum absolute atomic E-state index is 0.0387. The molecule has 1 aliphatic heterocycles. The Hall–Kier alpha value is -1.10. The summed E-state index contributed by atoms with van der Waals surface area (Å²) < 4.78 is 5.64. The van der Waals surface area contributed by atoms with Gasteiger partial charge in [0.05, 0.1) is 6.10 Å². The number of amides is 1. The van der Waals surface area contributed by atoms with Gasteiger partial charge in [-0.1, -0.05) is 13.8 Å². The number of hydrogen-bond acceptors (Lipinski definition) is 3. The summed E-state index contributed by atoms with van der Waals surface area (Å²) in [5, 5.41) is 11.6. The Kier molecular flexibility index (Phi) is 5.59. The SMILES string of the molecule is CC(C)CC1CC(NC(=O)C(C)C(=O)O)CCO1. The summed E-state index contributed by atoms with van der Waals surface area (Å²) in [5.41, 5.74) is 0. The lowest BCUT2D eigenvalue weighted by molar-refractivity contribution is -0.146. The minimum Gasteiger partial charge on any atom is -0.481 e. The Labute approximate surface area is 108 Å². The zero-order chi connectivity index (χ0) is 13.7. The fourth-order valence-electron chi connectivity index (χ4n) is 2.14. The van der Waals surface area contributed by atoms with Gasteiger partial charge in [0.15, 0.2) is 0 Å². The summed E-state index contributed by atoms with van der Waals surface area (Å²) in [6.45, 7) is 6.31. The number of ether oxygens (including phenoxy) is 1. The fourth-order valence-corrected chi connectivity index (χ4v) is 2.14. The highest BCUT2D eigenvalue weighted by Crippen LogP contribution is 2.20. The molecule has 0 saturated carbocycles. The lowest BCUT2D eigenvalue weighted by atomic mass is 9.96. The van der Waals surface area contributed by atoms with Crippen molar-refractivity contribution in [1.29, 1.82) is 0 Å². The van der Waals surface area contributed by atoms with Gasteiger partial charge < -0.3 is 15.2 Å². The van der Waals surface area contributed by atoms with Crippen molar-refractivity contribution in [2.45, 2.75) is 52.2 Å². The first-order chi connectivity index (χ1) is 8.40.